The predicted molar refractivity (Wildman–Crippen MR) is 88.4 cm³/mol. The number of hydrazine groups is 1. The zero-order valence-corrected chi connectivity index (χ0v) is 14.3. The average Bonchev–Trinajstić information content (AvgIpc) is 2.88. The quantitative estimate of drug-likeness (QED) is 0.659. The first-order valence-corrected chi connectivity index (χ1v) is 7.95. The Morgan fingerprint density at radius 3 is 2.58 bits per heavy atom. The Kier molecular flexibility index (Phi) is 3.99. The van der Waals surface area contributed by atoms with E-state index in [0.29, 0.717) is 17.1 Å². The maximum absolute atomic E-state index is 12.3. The Hall–Kier alpha value is -2.50. The van der Waals surface area contributed by atoms with E-state index in [4.69, 9.17) is 9.47 Å². The predicted octanol–water partition coefficient (Wildman–Crippen LogP) is 2.41. The molecule has 0 aromatic heterocycles. The zero-order valence-electron chi connectivity index (χ0n) is 14.3. The fourth-order valence-corrected chi connectivity index (χ4v) is 3.15. The lowest BCUT2D eigenvalue weighted by molar-refractivity contribution is -0.123. The summed E-state index contributed by atoms with van der Waals surface area (Å²) < 4.78 is 10.5. The second kappa shape index (κ2) is 5.85. The van der Waals surface area contributed by atoms with Gasteiger partial charge in [0.15, 0.2) is 11.5 Å². The highest BCUT2D eigenvalue weighted by atomic mass is 16.7. The molecule has 6 heteroatoms. The summed E-state index contributed by atoms with van der Waals surface area (Å²) in [6.45, 7) is 8.30. The summed E-state index contributed by atoms with van der Waals surface area (Å²) >= 11 is 0. The largest absolute Gasteiger partial charge is 0.454 e. The van der Waals surface area contributed by atoms with Gasteiger partial charge in [0.05, 0.1) is 5.92 Å². The van der Waals surface area contributed by atoms with Crippen LogP contribution in [0, 0.1) is 17.3 Å². The Bertz CT molecular complexity index is 720. The number of benzene rings is 1. The van der Waals surface area contributed by atoms with Crippen LogP contribution in [0.1, 0.15) is 38.1 Å². The molecule has 6 nitrogen and oxygen atoms in total. The van der Waals surface area contributed by atoms with Gasteiger partial charge >= 0.3 is 0 Å². The molecule has 1 aromatic carbocycles. The minimum Gasteiger partial charge on any atom is -0.454 e. The van der Waals surface area contributed by atoms with E-state index in [1.165, 1.54) is 5.57 Å². The third-order valence-electron chi connectivity index (χ3n) is 4.64. The molecular weight excluding hydrogens is 308 g/mol. The van der Waals surface area contributed by atoms with Gasteiger partial charge < -0.3 is 9.47 Å². The summed E-state index contributed by atoms with van der Waals surface area (Å²) in [5, 5.41) is 0. The van der Waals surface area contributed by atoms with Crippen molar-refractivity contribution in [3.63, 3.8) is 0 Å². The molecule has 24 heavy (non-hydrogen) atoms. The molecule has 1 aliphatic carbocycles. The molecular formula is C18H22N2O4. The van der Waals surface area contributed by atoms with E-state index < -0.39 is 0 Å². The molecule has 2 aliphatic rings. The molecule has 2 N–H and O–H groups in total. The highest BCUT2D eigenvalue weighted by Crippen LogP contribution is 2.59. The second-order valence-electron chi connectivity index (χ2n) is 7.08. The minimum absolute atomic E-state index is 0.0924. The van der Waals surface area contributed by atoms with Crippen molar-refractivity contribution in [1.29, 1.82) is 0 Å². The third-order valence-corrected chi connectivity index (χ3v) is 4.64. The standard InChI is InChI=1S/C18H22N2O4/c1-10(2)7-12-15(18(12,3)4)17(22)20-19-16(21)11-5-6-13-14(8-11)24-9-23-13/h5-8,12,15H,9H2,1-4H3,(H,19,21)(H,20,22)/t12-,15-/m1/s1. The monoisotopic (exact) mass is 330 g/mol. The van der Waals surface area contributed by atoms with Crippen molar-refractivity contribution in [2.45, 2.75) is 27.7 Å². The van der Waals surface area contributed by atoms with Crippen LogP contribution < -0.4 is 20.3 Å². The number of fused-ring (bicyclic) bond motifs is 1. The molecule has 0 saturated heterocycles. The lowest BCUT2D eigenvalue weighted by atomic mass is 10.1. The van der Waals surface area contributed by atoms with Crippen molar-refractivity contribution in [2.24, 2.45) is 17.3 Å². The Labute approximate surface area is 141 Å². The second-order valence-corrected chi connectivity index (χ2v) is 7.08. The molecule has 1 heterocycles. The number of nitrogens with one attached hydrogen (secondary N) is 2. The van der Waals surface area contributed by atoms with Gasteiger partial charge in [0.25, 0.3) is 5.91 Å². The number of allylic oxidation sites excluding steroid dienone is 2. The first-order valence-electron chi connectivity index (χ1n) is 7.95. The highest BCUT2D eigenvalue weighted by molar-refractivity contribution is 5.96. The number of amides is 2. The van der Waals surface area contributed by atoms with Gasteiger partial charge in [0.1, 0.15) is 0 Å². The van der Waals surface area contributed by atoms with Crippen molar-refractivity contribution in [2.75, 3.05) is 6.79 Å². The summed E-state index contributed by atoms with van der Waals surface area (Å²) in [6.07, 6.45) is 2.11. The van der Waals surface area contributed by atoms with Crippen molar-refractivity contribution < 1.29 is 19.1 Å². The summed E-state index contributed by atoms with van der Waals surface area (Å²) in [5.74, 6) is 0.644. The average molecular weight is 330 g/mol. The van der Waals surface area contributed by atoms with Gasteiger partial charge in [-0.2, -0.15) is 0 Å². The molecule has 1 fully saturated rings. The molecule has 0 bridgehead atoms. The van der Waals surface area contributed by atoms with Crippen LogP contribution in [-0.2, 0) is 4.79 Å². The van der Waals surface area contributed by atoms with Crippen molar-refractivity contribution in [3.05, 3.63) is 35.4 Å². The molecule has 1 aromatic rings. The van der Waals surface area contributed by atoms with E-state index in [1.54, 1.807) is 18.2 Å². The van der Waals surface area contributed by atoms with Crippen LogP contribution >= 0.6 is 0 Å². The fourth-order valence-electron chi connectivity index (χ4n) is 3.15. The number of carbonyl (C=O) groups is 2. The molecule has 2 amide bonds. The van der Waals surface area contributed by atoms with Crippen LogP contribution in [0.5, 0.6) is 11.5 Å². The smallest absolute Gasteiger partial charge is 0.269 e. The lowest BCUT2D eigenvalue weighted by Crippen LogP contribution is -2.43. The maximum Gasteiger partial charge on any atom is 0.269 e. The van der Waals surface area contributed by atoms with Crippen LogP contribution in [0.4, 0.5) is 0 Å². The Morgan fingerprint density at radius 1 is 1.17 bits per heavy atom. The van der Waals surface area contributed by atoms with E-state index >= 15 is 0 Å². The maximum atomic E-state index is 12.3. The summed E-state index contributed by atoms with van der Waals surface area (Å²) in [5.41, 5.74) is 6.49. The number of hydrogen-bond acceptors (Lipinski definition) is 4. The lowest BCUT2D eigenvalue weighted by Gasteiger charge is -2.08. The van der Waals surface area contributed by atoms with Crippen LogP contribution in [0.15, 0.2) is 29.8 Å². The number of rotatable bonds is 3. The van der Waals surface area contributed by atoms with Crippen LogP contribution in [0.25, 0.3) is 0 Å². The molecule has 2 atom stereocenters. The topological polar surface area (TPSA) is 76.7 Å². The highest BCUT2D eigenvalue weighted by Gasteiger charge is 2.60. The molecule has 0 radical (unpaired) electrons. The first-order chi connectivity index (χ1) is 11.3. The molecule has 3 rings (SSSR count). The van der Waals surface area contributed by atoms with E-state index in [2.05, 4.69) is 30.8 Å². The van der Waals surface area contributed by atoms with E-state index in [0.717, 1.165) is 0 Å². The van der Waals surface area contributed by atoms with Gasteiger partial charge in [-0.25, -0.2) is 0 Å². The van der Waals surface area contributed by atoms with E-state index in [-0.39, 0.29) is 35.9 Å². The normalized spacial score (nSPS) is 22.5. The van der Waals surface area contributed by atoms with Gasteiger partial charge in [-0.15, -0.1) is 0 Å². The molecule has 0 unspecified atom stereocenters. The zero-order chi connectivity index (χ0) is 17.5. The number of ether oxygens (including phenoxy) is 2. The molecule has 1 aliphatic heterocycles. The van der Waals surface area contributed by atoms with E-state index in [1.807, 2.05) is 13.8 Å². The van der Waals surface area contributed by atoms with E-state index in [9.17, 15) is 9.59 Å². The summed E-state index contributed by atoms with van der Waals surface area (Å²) in [4.78, 5) is 24.5. The van der Waals surface area contributed by atoms with Gasteiger partial charge in [0, 0.05) is 5.56 Å². The third kappa shape index (κ3) is 2.96. The summed E-state index contributed by atoms with van der Waals surface area (Å²) in [7, 11) is 0. The van der Waals surface area contributed by atoms with Crippen molar-refractivity contribution in [3.8, 4) is 11.5 Å². The SMILES string of the molecule is CC(C)=C[C@@H]1[C@H](C(=O)NNC(=O)c2ccc3c(c2)OCO3)C1(C)C. The number of hydrogen-bond donors (Lipinski definition) is 2. The number of carbonyl (C=O) groups excluding carboxylic acids is 2. The Balaban J connectivity index is 1.59. The minimum atomic E-state index is -0.390. The molecule has 0 spiro atoms. The van der Waals surface area contributed by atoms with Crippen LogP contribution in [0.2, 0.25) is 0 Å². The van der Waals surface area contributed by atoms with Gasteiger partial charge in [0.2, 0.25) is 12.7 Å². The molecule has 128 valence electrons. The van der Waals surface area contributed by atoms with Crippen LogP contribution in [0.3, 0.4) is 0 Å². The Morgan fingerprint density at radius 2 is 1.88 bits per heavy atom. The molecule has 1 saturated carbocycles. The first kappa shape index (κ1) is 16.4. The summed E-state index contributed by atoms with van der Waals surface area (Å²) in [6, 6.07) is 4.90. The van der Waals surface area contributed by atoms with Crippen molar-refractivity contribution in [1.82, 2.24) is 10.9 Å². The van der Waals surface area contributed by atoms with Gasteiger partial charge in [-0.05, 0) is 43.4 Å². The fraction of sp³-hybridized carbons (Fsp3) is 0.444. The van der Waals surface area contributed by atoms with Crippen molar-refractivity contribution >= 4 is 11.8 Å². The van der Waals surface area contributed by atoms with Gasteiger partial charge in [-0.1, -0.05) is 25.5 Å². The van der Waals surface area contributed by atoms with Gasteiger partial charge in [-0.3, -0.25) is 20.4 Å². The van der Waals surface area contributed by atoms with Crippen LogP contribution in [-0.4, -0.2) is 18.6 Å².